The number of nitrogens with zero attached hydrogens (tertiary/aromatic N) is 1. The van der Waals surface area contributed by atoms with Gasteiger partial charge in [0.15, 0.2) is 0 Å². The lowest BCUT2D eigenvalue weighted by molar-refractivity contribution is -0.117. The normalized spacial score (nSPS) is 33.4. The SMILES string of the molecule is CC1OCCC1N(C)CC1(C=O)CCCC1. The quantitative estimate of drug-likeness (QED) is 0.684. The van der Waals surface area contributed by atoms with Crippen LogP contribution in [-0.2, 0) is 9.53 Å². The Morgan fingerprint density at radius 2 is 2.12 bits per heavy atom. The third kappa shape index (κ3) is 2.30. The third-order valence-corrected chi connectivity index (χ3v) is 4.32. The summed E-state index contributed by atoms with van der Waals surface area (Å²) in [5.41, 5.74) is -0.0585. The van der Waals surface area contributed by atoms with Crippen LogP contribution in [0.4, 0.5) is 0 Å². The highest BCUT2D eigenvalue weighted by atomic mass is 16.5. The summed E-state index contributed by atoms with van der Waals surface area (Å²) in [5.74, 6) is 0. The van der Waals surface area contributed by atoms with E-state index in [0.29, 0.717) is 12.1 Å². The second kappa shape index (κ2) is 4.84. The van der Waals surface area contributed by atoms with Crippen LogP contribution in [0.25, 0.3) is 0 Å². The molecule has 3 heteroatoms. The zero-order valence-corrected chi connectivity index (χ0v) is 10.4. The Kier molecular flexibility index (Phi) is 3.65. The van der Waals surface area contributed by atoms with E-state index in [1.165, 1.54) is 19.1 Å². The maximum Gasteiger partial charge on any atom is 0.127 e. The van der Waals surface area contributed by atoms with E-state index < -0.39 is 0 Å². The van der Waals surface area contributed by atoms with Crippen molar-refractivity contribution in [2.24, 2.45) is 5.41 Å². The molecule has 0 radical (unpaired) electrons. The Labute approximate surface area is 98.1 Å². The molecule has 0 aromatic rings. The van der Waals surface area contributed by atoms with E-state index in [2.05, 4.69) is 18.9 Å². The van der Waals surface area contributed by atoms with Gasteiger partial charge in [-0.3, -0.25) is 4.90 Å². The Morgan fingerprint density at radius 1 is 1.44 bits per heavy atom. The van der Waals surface area contributed by atoms with Gasteiger partial charge in [0.1, 0.15) is 6.29 Å². The van der Waals surface area contributed by atoms with E-state index in [0.717, 1.165) is 32.4 Å². The monoisotopic (exact) mass is 225 g/mol. The van der Waals surface area contributed by atoms with Crippen LogP contribution in [0, 0.1) is 5.41 Å². The molecule has 0 aromatic carbocycles. The highest BCUT2D eigenvalue weighted by Gasteiger charge is 2.38. The van der Waals surface area contributed by atoms with Crippen LogP contribution < -0.4 is 0 Å². The van der Waals surface area contributed by atoms with Crippen molar-refractivity contribution in [1.82, 2.24) is 4.90 Å². The van der Waals surface area contributed by atoms with E-state index in [1.807, 2.05) is 0 Å². The smallest absolute Gasteiger partial charge is 0.127 e. The number of carbonyl (C=O) groups excluding carboxylic acids is 1. The number of hydrogen-bond acceptors (Lipinski definition) is 3. The van der Waals surface area contributed by atoms with Crippen molar-refractivity contribution in [2.75, 3.05) is 20.2 Å². The summed E-state index contributed by atoms with van der Waals surface area (Å²) in [6, 6.07) is 0.498. The molecule has 2 unspecified atom stereocenters. The molecule has 16 heavy (non-hydrogen) atoms. The molecule has 2 atom stereocenters. The van der Waals surface area contributed by atoms with Crippen LogP contribution in [0.1, 0.15) is 39.0 Å². The van der Waals surface area contributed by atoms with Crippen molar-refractivity contribution < 1.29 is 9.53 Å². The highest BCUT2D eigenvalue weighted by molar-refractivity contribution is 5.60. The lowest BCUT2D eigenvalue weighted by Gasteiger charge is -2.33. The summed E-state index contributed by atoms with van der Waals surface area (Å²) < 4.78 is 5.59. The van der Waals surface area contributed by atoms with Crippen LogP contribution in [0.2, 0.25) is 0 Å². The van der Waals surface area contributed by atoms with Gasteiger partial charge in [-0.2, -0.15) is 0 Å². The molecular weight excluding hydrogens is 202 g/mol. The molecule has 1 heterocycles. The molecule has 0 N–H and O–H groups in total. The first-order valence-electron chi connectivity index (χ1n) is 6.45. The maximum atomic E-state index is 11.3. The van der Waals surface area contributed by atoms with Crippen LogP contribution >= 0.6 is 0 Å². The van der Waals surface area contributed by atoms with Crippen LogP contribution in [-0.4, -0.2) is 43.5 Å². The lowest BCUT2D eigenvalue weighted by atomic mass is 9.87. The molecule has 2 fully saturated rings. The highest BCUT2D eigenvalue weighted by Crippen LogP contribution is 2.37. The molecular formula is C13H23NO2. The third-order valence-electron chi connectivity index (χ3n) is 4.32. The second-order valence-corrected chi connectivity index (χ2v) is 5.53. The van der Waals surface area contributed by atoms with Crippen molar-refractivity contribution in [3.05, 3.63) is 0 Å². The van der Waals surface area contributed by atoms with Crippen molar-refractivity contribution in [2.45, 2.75) is 51.2 Å². The Hall–Kier alpha value is -0.410. The van der Waals surface area contributed by atoms with Crippen molar-refractivity contribution in [3.63, 3.8) is 0 Å². The first-order chi connectivity index (χ1) is 7.67. The van der Waals surface area contributed by atoms with Gasteiger partial charge in [-0.1, -0.05) is 12.8 Å². The Morgan fingerprint density at radius 3 is 2.62 bits per heavy atom. The number of rotatable bonds is 4. The van der Waals surface area contributed by atoms with Crippen LogP contribution in [0.5, 0.6) is 0 Å². The van der Waals surface area contributed by atoms with Gasteiger partial charge >= 0.3 is 0 Å². The van der Waals surface area contributed by atoms with Gasteiger partial charge < -0.3 is 9.53 Å². The number of carbonyl (C=O) groups is 1. The zero-order valence-electron chi connectivity index (χ0n) is 10.4. The molecule has 0 aromatic heterocycles. The van der Waals surface area contributed by atoms with Gasteiger partial charge in [0.05, 0.1) is 6.10 Å². The van der Waals surface area contributed by atoms with E-state index in [-0.39, 0.29) is 5.41 Å². The van der Waals surface area contributed by atoms with Crippen LogP contribution in [0.15, 0.2) is 0 Å². The van der Waals surface area contributed by atoms with Gasteiger partial charge in [0, 0.05) is 24.6 Å². The maximum absolute atomic E-state index is 11.3. The number of aldehydes is 1. The summed E-state index contributed by atoms with van der Waals surface area (Å²) in [5, 5.41) is 0. The molecule has 1 saturated carbocycles. The number of likely N-dealkylation sites (N-methyl/N-ethyl adjacent to an activating group) is 1. The molecule has 3 nitrogen and oxygen atoms in total. The summed E-state index contributed by atoms with van der Waals surface area (Å²) in [6.07, 6.45) is 7.19. The van der Waals surface area contributed by atoms with E-state index in [1.54, 1.807) is 0 Å². The minimum absolute atomic E-state index is 0.0585. The fraction of sp³-hybridized carbons (Fsp3) is 0.923. The lowest BCUT2D eigenvalue weighted by Crippen LogP contribution is -2.43. The van der Waals surface area contributed by atoms with Gasteiger partial charge in [0.2, 0.25) is 0 Å². The van der Waals surface area contributed by atoms with E-state index >= 15 is 0 Å². The van der Waals surface area contributed by atoms with Crippen molar-refractivity contribution >= 4 is 6.29 Å². The topological polar surface area (TPSA) is 29.5 Å². The number of hydrogen-bond donors (Lipinski definition) is 0. The first kappa shape index (κ1) is 12.1. The van der Waals surface area contributed by atoms with E-state index in [9.17, 15) is 4.79 Å². The van der Waals surface area contributed by atoms with Crippen molar-refractivity contribution in [1.29, 1.82) is 0 Å². The fourth-order valence-electron chi connectivity index (χ4n) is 3.31. The average molecular weight is 225 g/mol. The van der Waals surface area contributed by atoms with Gasteiger partial charge in [-0.15, -0.1) is 0 Å². The largest absolute Gasteiger partial charge is 0.377 e. The minimum atomic E-state index is -0.0585. The van der Waals surface area contributed by atoms with Crippen LogP contribution in [0.3, 0.4) is 0 Å². The molecule has 0 spiro atoms. The Bertz CT molecular complexity index is 248. The summed E-state index contributed by atoms with van der Waals surface area (Å²) in [6.45, 7) is 3.91. The summed E-state index contributed by atoms with van der Waals surface area (Å²) >= 11 is 0. The number of ether oxygens (including phenoxy) is 1. The fourth-order valence-corrected chi connectivity index (χ4v) is 3.31. The summed E-state index contributed by atoms with van der Waals surface area (Å²) in [7, 11) is 2.14. The summed E-state index contributed by atoms with van der Waals surface area (Å²) in [4.78, 5) is 13.6. The molecule has 0 amide bonds. The van der Waals surface area contributed by atoms with Gasteiger partial charge in [0.25, 0.3) is 0 Å². The standard InChI is InChI=1S/C13H23NO2/c1-11-12(5-8-16-11)14(2)9-13(10-15)6-3-4-7-13/h10-12H,3-9H2,1-2H3. The Balaban J connectivity index is 1.94. The molecule has 0 bridgehead atoms. The van der Waals surface area contributed by atoms with E-state index in [4.69, 9.17) is 4.74 Å². The molecule has 1 aliphatic carbocycles. The minimum Gasteiger partial charge on any atom is -0.377 e. The molecule has 2 aliphatic rings. The average Bonchev–Trinajstić information content (AvgIpc) is 2.87. The molecule has 1 saturated heterocycles. The zero-order chi connectivity index (χ0) is 11.6. The van der Waals surface area contributed by atoms with Gasteiger partial charge in [-0.05, 0) is 33.2 Å². The molecule has 92 valence electrons. The first-order valence-corrected chi connectivity index (χ1v) is 6.45. The molecule has 2 rings (SSSR count). The predicted octanol–water partition coefficient (Wildman–Crippen LogP) is 1.85. The van der Waals surface area contributed by atoms with Gasteiger partial charge in [-0.25, -0.2) is 0 Å². The van der Waals surface area contributed by atoms with Crippen molar-refractivity contribution in [3.8, 4) is 0 Å². The predicted molar refractivity (Wildman–Crippen MR) is 63.4 cm³/mol. The second-order valence-electron chi connectivity index (χ2n) is 5.53. The molecule has 1 aliphatic heterocycles.